The van der Waals surface area contributed by atoms with E-state index in [4.69, 9.17) is 4.74 Å². The molecule has 0 saturated carbocycles. The van der Waals surface area contributed by atoms with Gasteiger partial charge in [0.2, 0.25) is 0 Å². The van der Waals surface area contributed by atoms with Crippen molar-refractivity contribution in [3.8, 4) is 0 Å². The Morgan fingerprint density at radius 3 is 2.88 bits per heavy atom. The van der Waals surface area contributed by atoms with E-state index in [1.54, 1.807) is 6.26 Å². The van der Waals surface area contributed by atoms with Crippen LogP contribution in [0.5, 0.6) is 0 Å². The average molecular weight is 217 g/mol. The van der Waals surface area contributed by atoms with Gasteiger partial charge in [-0.2, -0.15) is 0 Å². The zero-order chi connectivity index (χ0) is 11.2. The lowest BCUT2D eigenvalue weighted by Gasteiger charge is -2.18. The first-order chi connectivity index (χ1) is 7.86. The summed E-state index contributed by atoms with van der Waals surface area (Å²) in [7, 11) is 0. The molecular weight excluding hydrogens is 202 g/mol. The second-order valence-corrected chi connectivity index (χ2v) is 3.78. The largest absolute Gasteiger partial charge is 0.489 e. The number of hydrogen-bond acceptors (Lipinski definition) is 2. The van der Waals surface area contributed by atoms with Gasteiger partial charge in [-0.3, -0.25) is 4.79 Å². The molecule has 0 aliphatic carbocycles. The Bertz CT molecular complexity index is 373. The fraction of sp³-hybridized carbons (Fsp3) is 0.308. The lowest BCUT2D eigenvalue weighted by Crippen LogP contribution is -2.35. The van der Waals surface area contributed by atoms with Gasteiger partial charge in [0.25, 0.3) is 5.91 Å². The van der Waals surface area contributed by atoms with Gasteiger partial charge in [-0.05, 0) is 24.5 Å². The van der Waals surface area contributed by atoms with Crippen LogP contribution in [0.4, 0.5) is 0 Å². The predicted molar refractivity (Wildman–Crippen MR) is 61.5 cm³/mol. The summed E-state index contributed by atoms with van der Waals surface area (Å²) in [5.74, 6) is -0.0341. The number of allylic oxidation sites excluding steroid dienone is 1. The molecule has 1 heterocycles. The van der Waals surface area contributed by atoms with E-state index in [1.165, 1.54) is 0 Å². The lowest BCUT2D eigenvalue weighted by molar-refractivity contribution is -0.130. The van der Waals surface area contributed by atoms with Crippen LogP contribution >= 0.6 is 0 Å². The molecule has 0 spiro atoms. The summed E-state index contributed by atoms with van der Waals surface area (Å²) in [5, 5.41) is 2.87. The van der Waals surface area contributed by atoms with E-state index in [2.05, 4.69) is 5.32 Å². The summed E-state index contributed by atoms with van der Waals surface area (Å²) in [4.78, 5) is 11.7. The van der Waals surface area contributed by atoms with E-state index in [-0.39, 0.29) is 12.0 Å². The van der Waals surface area contributed by atoms with Gasteiger partial charge in [0.1, 0.15) is 0 Å². The Kier molecular flexibility index (Phi) is 3.59. The first-order valence-corrected chi connectivity index (χ1v) is 5.48. The zero-order valence-electron chi connectivity index (χ0n) is 9.06. The smallest absolute Gasteiger partial charge is 0.261 e. The number of carbonyl (C=O) groups is 1. The highest BCUT2D eigenvalue weighted by Gasteiger charge is 2.19. The van der Waals surface area contributed by atoms with Crippen LogP contribution in [-0.2, 0) is 16.1 Å². The fourth-order valence-corrected chi connectivity index (χ4v) is 1.63. The number of nitrogens with one attached hydrogen (secondary N) is 1. The number of carbonyl (C=O) groups excluding carboxylic acids is 1. The Labute approximate surface area is 95.1 Å². The van der Waals surface area contributed by atoms with Crippen LogP contribution in [0.1, 0.15) is 18.4 Å². The normalized spacial score (nSPS) is 18.9. The highest BCUT2D eigenvalue weighted by molar-refractivity contribution is 5.80. The van der Waals surface area contributed by atoms with Crippen LogP contribution in [0, 0.1) is 0 Å². The molecule has 84 valence electrons. The number of ether oxygens (including phenoxy) is 1. The van der Waals surface area contributed by atoms with Crippen molar-refractivity contribution in [3.05, 3.63) is 48.2 Å². The summed E-state index contributed by atoms with van der Waals surface area (Å²) in [6.45, 7) is 0.559. The van der Waals surface area contributed by atoms with Crippen molar-refractivity contribution in [2.75, 3.05) is 0 Å². The Balaban J connectivity index is 1.82. The molecule has 0 saturated heterocycles. The molecule has 1 aromatic rings. The molecule has 2 rings (SSSR count). The van der Waals surface area contributed by atoms with Crippen LogP contribution in [-0.4, -0.2) is 12.0 Å². The first kappa shape index (κ1) is 10.7. The van der Waals surface area contributed by atoms with Crippen LogP contribution in [0.15, 0.2) is 42.7 Å². The number of amides is 1. The van der Waals surface area contributed by atoms with E-state index in [1.807, 2.05) is 36.4 Å². The minimum absolute atomic E-state index is 0.0341. The van der Waals surface area contributed by atoms with Crippen LogP contribution in [0.3, 0.4) is 0 Å². The summed E-state index contributed by atoms with van der Waals surface area (Å²) in [6.07, 6.45) is 4.88. The average Bonchev–Trinajstić information content (AvgIpc) is 2.38. The second kappa shape index (κ2) is 5.35. The Morgan fingerprint density at radius 1 is 1.38 bits per heavy atom. The third-order valence-electron chi connectivity index (χ3n) is 2.54. The van der Waals surface area contributed by atoms with Crippen molar-refractivity contribution in [1.29, 1.82) is 0 Å². The summed E-state index contributed by atoms with van der Waals surface area (Å²) < 4.78 is 5.24. The molecule has 0 bridgehead atoms. The minimum atomic E-state index is -0.325. The van der Waals surface area contributed by atoms with Gasteiger partial charge in [-0.15, -0.1) is 0 Å². The van der Waals surface area contributed by atoms with Gasteiger partial charge in [0, 0.05) is 6.54 Å². The lowest BCUT2D eigenvalue weighted by atomic mass is 10.1. The SMILES string of the molecule is O=C(NCc1ccccc1)C1CCC=CO1. The molecule has 1 aliphatic rings. The standard InChI is InChI=1S/C13H15NO2/c15-13(12-8-4-5-9-16-12)14-10-11-6-2-1-3-7-11/h1-3,5-7,9,12H,4,8,10H2,(H,14,15). The molecule has 1 atom stereocenters. The highest BCUT2D eigenvalue weighted by Crippen LogP contribution is 2.10. The summed E-state index contributed by atoms with van der Waals surface area (Å²) in [6, 6.07) is 9.85. The zero-order valence-corrected chi connectivity index (χ0v) is 9.06. The van der Waals surface area contributed by atoms with Gasteiger partial charge in [-0.25, -0.2) is 0 Å². The van der Waals surface area contributed by atoms with Gasteiger partial charge >= 0.3 is 0 Å². The van der Waals surface area contributed by atoms with E-state index in [0.29, 0.717) is 6.54 Å². The van der Waals surface area contributed by atoms with E-state index < -0.39 is 0 Å². The molecule has 0 fully saturated rings. The topological polar surface area (TPSA) is 38.3 Å². The molecule has 0 radical (unpaired) electrons. The van der Waals surface area contributed by atoms with E-state index in [9.17, 15) is 4.79 Å². The van der Waals surface area contributed by atoms with Crippen molar-refractivity contribution >= 4 is 5.91 Å². The Hall–Kier alpha value is -1.77. The van der Waals surface area contributed by atoms with Crippen LogP contribution in [0.25, 0.3) is 0 Å². The van der Waals surface area contributed by atoms with Crippen molar-refractivity contribution in [2.45, 2.75) is 25.5 Å². The quantitative estimate of drug-likeness (QED) is 0.841. The van der Waals surface area contributed by atoms with Crippen molar-refractivity contribution in [2.24, 2.45) is 0 Å². The van der Waals surface area contributed by atoms with E-state index in [0.717, 1.165) is 18.4 Å². The third kappa shape index (κ3) is 2.86. The molecule has 1 unspecified atom stereocenters. The van der Waals surface area contributed by atoms with Gasteiger partial charge in [0.05, 0.1) is 6.26 Å². The van der Waals surface area contributed by atoms with Gasteiger partial charge in [-0.1, -0.05) is 30.3 Å². The molecular formula is C13H15NO2. The molecule has 1 aromatic carbocycles. The highest BCUT2D eigenvalue weighted by atomic mass is 16.5. The molecule has 0 aromatic heterocycles. The van der Waals surface area contributed by atoms with Crippen LogP contribution < -0.4 is 5.32 Å². The van der Waals surface area contributed by atoms with Crippen molar-refractivity contribution in [1.82, 2.24) is 5.32 Å². The molecule has 3 nitrogen and oxygen atoms in total. The fourth-order valence-electron chi connectivity index (χ4n) is 1.63. The Morgan fingerprint density at radius 2 is 2.19 bits per heavy atom. The maximum absolute atomic E-state index is 11.7. The summed E-state index contributed by atoms with van der Waals surface area (Å²) >= 11 is 0. The third-order valence-corrected chi connectivity index (χ3v) is 2.54. The summed E-state index contributed by atoms with van der Waals surface area (Å²) in [5.41, 5.74) is 1.10. The van der Waals surface area contributed by atoms with Crippen LogP contribution in [0.2, 0.25) is 0 Å². The minimum Gasteiger partial charge on any atom is -0.489 e. The number of benzene rings is 1. The number of rotatable bonds is 3. The predicted octanol–water partition coefficient (Wildman–Crippen LogP) is 2.00. The maximum atomic E-state index is 11.7. The second-order valence-electron chi connectivity index (χ2n) is 3.78. The van der Waals surface area contributed by atoms with Crippen molar-refractivity contribution < 1.29 is 9.53 Å². The van der Waals surface area contributed by atoms with Gasteiger partial charge < -0.3 is 10.1 Å². The monoisotopic (exact) mass is 217 g/mol. The maximum Gasteiger partial charge on any atom is 0.261 e. The first-order valence-electron chi connectivity index (χ1n) is 5.48. The number of hydrogen-bond donors (Lipinski definition) is 1. The molecule has 1 aliphatic heterocycles. The molecule has 3 heteroatoms. The molecule has 16 heavy (non-hydrogen) atoms. The van der Waals surface area contributed by atoms with E-state index >= 15 is 0 Å². The van der Waals surface area contributed by atoms with Gasteiger partial charge in [0.15, 0.2) is 6.10 Å². The molecule has 1 N–H and O–H groups in total. The molecule has 1 amide bonds. The van der Waals surface area contributed by atoms with Crippen molar-refractivity contribution in [3.63, 3.8) is 0 Å².